The summed E-state index contributed by atoms with van der Waals surface area (Å²) in [6, 6.07) is 5.70. The van der Waals surface area contributed by atoms with Gasteiger partial charge in [-0.25, -0.2) is 4.39 Å². The number of halogens is 1. The fourth-order valence-electron chi connectivity index (χ4n) is 2.54. The van der Waals surface area contributed by atoms with Crippen LogP contribution in [-0.4, -0.2) is 13.2 Å². The number of hydrogen-bond acceptors (Lipinski definition) is 2. The molecule has 1 N–H and O–H groups in total. The molecule has 3 atom stereocenters. The molecule has 1 aromatic carbocycles. The highest BCUT2D eigenvalue weighted by Crippen LogP contribution is 2.36. The zero-order chi connectivity index (χ0) is 13.1. The summed E-state index contributed by atoms with van der Waals surface area (Å²) >= 11 is 0. The minimum Gasteiger partial charge on any atom is -0.497 e. The molecule has 3 unspecified atom stereocenters. The number of nitrogens with one attached hydrogen (secondary N) is 1. The quantitative estimate of drug-likeness (QED) is 0.833. The molecule has 3 heteroatoms. The van der Waals surface area contributed by atoms with Gasteiger partial charge in [0.1, 0.15) is 11.6 Å². The normalized spacial score (nSPS) is 23.8. The molecular weight excluding hydrogens is 229 g/mol. The van der Waals surface area contributed by atoms with Gasteiger partial charge in [-0.05, 0) is 31.7 Å². The van der Waals surface area contributed by atoms with Crippen LogP contribution in [0.1, 0.15) is 44.7 Å². The highest BCUT2D eigenvalue weighted by atomic mass is 19.1. The fourth-order valence-corrected chi connectivity index (χ4v) is 2.54. The van der Waals surface area contributed by atoms with Crippen LogP contribution in [0.3, 0.4) is 0 Å². The first-order valence-electron chi connectivity index (χ1n) is 6.75. The Morgan fingerprint density at radius 3 is 2.89 bits per heavy atom. The molecule has 1 aliphatic rings. The molecule has 0 aliphatic heterocycles. The zero-order valence-electron chi connectivity index (χ0n) is 11.4. The first-order valence-corrected chi connectivity index (χ1v) is 6.75. The summed E-state index contributed by atoms with van der Waals surface area (Å²) in [5.41, 5.74) is 0.720. The predicted molar refractivity (Wildman–Crippen MR) is 71.3 cm³/mol. The first-order chi connectivity index (χ1) is 8.65. The van der Waals surface area contributed by atoms with Crippen LogP contribution in [-0.2, 0) is 0 Å². The third-order valence-electron chi connectivity index (χ3n) is 3.72. The molecule has 1 aliphatic carbocycles. The second kappa shape index (κ2) is 5.70. The largest absolute Gasteiger partial charge is 0.497 e. The fraction of sp³-hybridized carbons (Fsp3) is 0.600. The standard InChI is InChI=1S/C15H22FNO/c1-4-5-11-8-15(11)17-10(2)13-7-6-12(18-3)9-14(13)16/h6-7,9-11,15,17H,4-5,8H2,1-3H3. The lowest BCUT2D eigenvalue weighted by atomic mass is 10.1. The Labute approximate surface area is 109 Å². The van der Waals surface area contributed by atoms with Crippen molar-refractivity contribution in [3.63, 3.8) is 0 Å². The lowest BCUT2D eigenvalue weighted by Gasteiger charge is -2.15. The molecule has 1 aromatic rings. The van der Waals surface area contributed by atoms with Crippen LogP contribution in [0.4, 0.5) is 4.39 Å². The van der Waals surface area contributed by atoms with E-state index in [2.05, 4.69) is 12.2 Å². The summed E-state index contributed by atoms with van der Waals surface area (Å²) in [7, 11) is 1.55. The topological polar surface area (TPSA) is 21.3 Å². The van der Waals surface area contributed by atoms with E-state index in [1.54, 1.807) is 7.11 Å². The molecule has 0 aromatic heterocycles. The second-order valence-corrected chi connectivity index (χ2v) is 5.17. The second-order valence-electron chi connectivity index (χ2n) is 5.17. The average molecular weight is 251 g/mol. The highest BCUT2D eigenvalue weighted by molar-refractivity contribution is 5.30. The van der Waals surface area contributed by atoms with Gasteiger partial charge < -0.3 is 10.1 Å². The third-order valence-corrected chi connectivity index (χ3v) is 3.72. The number of rotatable bonds is 6. The molecular formula is C15H22FNO. The van der Waals surface area contributed by atoms with Crippen LogP contribution in [0.2, 0.25) is 0 Å². The maximum absolute atomic E-state index is 13.9. The molecule has 18 heavy (non-hydrogen) atoms. The van der Waals surface area contributed by atoms with Crippen LogP contribution in [0.25, 0.3) is 0 Å². The summed E-state index contributed by atoms with van der Waals surface area (Å²) in [6.07, 6.45) is 3.74. The molecule has 0 radical (unpaired) electrons. The van der Waals surface area contributed by atoms with E-state index in [0.29, 0.717) is 11.8 Å². The molecule has 0 spiro atoms. The molecule has 0 amide bonds. The van der Waals surface area contributed by atoms with Gasteiger partial charge in [0.25, 0.3) is 0 Å². The Hall–Kier alpha value is -1.09. The minimum atomic E-state index is -0.193. The Morgan fingerprint density at radius 2 is 2.28 bits per heavy atom. The lowest BCUT2D eigenvalue weighted by Crippen LogP contribution is -2.23. The van der Waals surface area contributed by atoms with Crippen LogP contribution in [0.5, 0.6) is 5.75 Å². The van der Waals surface area contributed by atoms with E-state index in [1.807, 2.05) is 19.1 Å². The van der Waals surface area contributed by atoms with E-state index in [4.69, 9.17) is 4.74 Å². The first kappa shape index (κ1) is 13.3. The summed E-state index contributed by atoms with van der Waals surface area (Å²) < 4.78 is 18.9. The number of methoxy groups -OCH3 is 1. The van der Waals surface area contributed by atoms with Crippen molar-refractivity contribution in [2.45, 2.75) is 45.2 Å². The van der Waals surface area contributed by atoms with Crippen molar-refractivity contribution in [2.75, 3.05) is 7.11 Å². The van der Waals surface area contributed by atoms with Gasteiger partial charge in [0, 0.05) is 23.7 Å². The molecule has 2 nitrogen and oxygen atoms in total. The lowest BCUT2D eigenvalue weighted by molar-refractivity contribution is 0.409. The van der Waals surface area contributed by atoms with Crippen LogP contribution in [0, 0.1) is 11.7 Å². The number of benzene rings is 1. The van der Waals surface area contributed by atoms with Crippen molar-refractivity contribution in [1.29, 1.82) is 0 Å². The SMILES string of the molecule is CCCC1CC1NC(C)c1ccc(OC)cc1F. The third kappa shape index (κ3) is 3.02. The van der Waals surface area contributed by atoms with Crippen LogP contribution < -0.4 is 10.1 Å². The van der Waals surface area contributed by atoms with Crippen molar-refractivity contribution < 1.29 is 9.13 Å². The zero-order valence-corrected chi connectivity index (χ0v) is 11.4. The highest BCUT2D eigenvalue weighted by Gasteiger charge is 2.36. The minimum absolute atomic E-state index is 0.0581. The summed E-state index contributed by atoms with van der Waals surface area (Å²) in [5.74, 6) is 1.17. The van der Waals surface area contributed by atoms with Crippen molar-refractivity contribution >= 4 is 0 Å². The van der Waals surface area contributed by atoms with Gasteiger partial charge in [-0.15, -0.1) is 0 Å². The summed E-state index contributed by atoms with van der Waals surface area (Å²) in [5, 5.41) is 3.50. The Balaban J connectivity index is 1.95. The molecule has 0 saturated heterocycles. The van der Waals surface area contributed by atoms with Crippen molar-refractivity contribution in [3.8, 4) is 5.75 Å². The Kier molecular flexibility index (Phi) is 4.23. The van der Waals surface area contributed by atoms with Crippen molar-refractivity contribution in [1.82, 2.24) is 5.32 Å². The number of ether oxygens (including phenoxy) is 1. The van der Waals surface area contributed by atoms with Crippen LogP contribution in [0.15, 0.2) is 18.2 Å². The van der Waals surface area contributed by atoms with E-state index in [-0.39, 0.29) is 11.9 Å². The van der Waals surface area contributed by atoms with Gasteiger partial charge in [0.15, 0.2) is 0 Å². The van der Waals surface area contributed by atoms with Gasteiger partial charge >= 0.3 is 0 Å². The van der Waals surface area contributed by atoms with E-state index in [9.17, 15) is 4.39 Å². The predicted octanol–water partition coefficient (Wildman–Crippen LogP) is 3.67. The van der Waals surface area contributed by atoms with Crippen molar-refractivity contribution in [3.05, 3.63) is 29.6 Å². The van der Waals surface area contributed by atoms with Gasteiger partial charge in [-0.1, -0.05) is 19.4 Å². The summed E-state index contributed by atoms with van der Waals surface area (Å²) in [4.78, 5) is 0. The van der Waals surface area contributed by atoms with Gasteiger partial charge in [-0.2, -0.15) is 0 Å². The van der Waals surface area contributed by atoms with E-state index < -0.39 is 0 Å². The molecule has 100 valence electrons. The maximum atomic E-state index is 13.9. The van der Waals surface area contributed by atoms with E-state index in [0.717, 1.165) is 11.5 Å². The molecule has 0 heterocycles. The smallest absolute Gasteiger partial charge is 0.131 e. The monoisotopic (exact) mass is 251 g/mol. The van der Waals surface area contributed by atoms with E-state index >= 15 is 0 Å². The van der Waals surface area contributed by atoms with Crippen LogP contribution >= 0.6 is 0 Å². The Morgan fingerprint density at radius 1 is 1.50 bits per heavy atom. The van der Waals surface area contributed by atoms with Gasteiger partial charge in [0.05, 0.1) is 7.11 Å². The molecule has 0 bridgehead atoms. The number of hydrogen-bond donors (Lipinski definition) is 1. The van der Waals surface area contributed by atoms with Crippen molar-refractivity contribution in [2.24, 2.45) is 5.92 Å². The molecule has 1 saturated carbocycles. The molecule has 2 rings (SSSR count). The summed E-state index contributed by atoms with van der Waals surface area (Å²) in [6.45, 7) is 4.23. The average Bonchev–Trinajstić information content (AvgIpc) is 3.07. The van der Waals surface area contributed by atoms with E-state index in [1.165, 1.54) is 25.3 Å². The maximum Gasteiger partial charge on any atom is 0.131 e. The van der Waals surface area contributed by atoms with Gasteiger partial charge in [-0.3, -0.25) is 0 Å². The van der Waals surface area contributed by atoms with Gasteiger partial charge in [0.2, 0.25) is 0 Å². The molecule has 1 fully saturated rings. The Bertz CT molecular complexity index is 407.